The SMILES string of the molecule is CC(C)(C)OC(=O)NCC=Cc1ccc(C=O)cc1Cl. The maximum absolute atomic E-state index is 11.4. The normalized spacial score (nSPS) is 11.4. The van der Waals surface area contributed by atoms with Crippen LogP contribution < -0.4 is 5.32 Å². The second-order valence-corrected chi connectivity index (χ2v) is 5.59. The maximum Gasteiger partial charge on any atom is 0.407 e. The molecule has 0 aromatic heterocycles. The molecule has 5 heteroatoms. The molecule has 0 aliphatic carbocycles. The number of hydrogen-bond acceptors (Lipinski definition) is 3. The summed E-state index contributed by atoms with van der Waals surface area (Å²) < 4.78 is 5.10. The van der Waals surface area contributed by atoms with Gasteiger partial charge in [-0.15, -0.1) is 0 Å². The number of rotatable bonds is 4. The largest absolute Gasteiger partial charge is 0.444 e. The highest BCUT2D eigenvalue weighted by molar-refractivity contribution is 6.32. The minimum atomic E-state index is -0.512. The van der Waals surface area contributed by atoms with E-state index in [1.54, 1.807) is 51.1 Å². The fourth-order valence-corrected chi connectivity index (χ4v) is 1.65. The minimum absolute atomic E-state index is 0.334. The molecular formula is C15H18ClNO3. The lowest BCUT2D eigenvalue weighted by atomic mass is 10.1. The van der Waals surface area contributed by atoms with E-state index in [1.807, 2.05) is 0 Å². The van der Waals surface area contributed by atoms with Crippen LogP contribution in [0.25, 0.3) is 6.08 Å². The number of carbonyl (C=O) groups is 2. The molecule has 4 nitrogen and oxygen atoms in total. The van der Waals surface area contributed by atoms with Crippen LogP contribution in [0.5, 0.6) is 0 Å². The first-order chi connectivity index (χ1) is 9.31. The van der Waals surface area contributed by atoms with Crippen molar-refractivity contribution < 1.29 is 14.3 Å². The lowest BCUT2D eigenvalue weighted by molar-refractivity contribution is 0.0534. The summed E-state index contributed by atoms with van der Waals surface area (Å²) in [5, 5.41) is 3.09. The number of aldehydes is 1. The molecule has 1 N–H and O–H groups in total. The van der Waals surface area contributed by atoms with Gasteiger partial charge in [0.25, 0.3) is 0 Å². The van der Waals surface area contributed by atoms with Crippen LogP contribution in [0.1, 0.15) is 36.7 Å². The highest BCUT2D eigenvalue weighted by Gasteiger charge is 2.14. The van der Waals surface area contributed by atoms with Gasteiger partial charge < -0.3 is 10.1 Å². The second kappa shape index (κ2) is 7.10. The van der Waals surface area contributed by atoms with Gasteiger partial charge in [-0.1, -0.05) is 35.9 Å². The average molecular weight is 296 g/mol. The predicted octanol–water partition coefficient (Wildman–Crippen LogP) is 3.69. The molecule has 20 heavy (non-hydrogen) atoms. The molecule has 0 heterocycles. The Labute approximate surface area is 123 Å². The smallest absolute Gasteiger partial charge is 0.407 e. The molecule has 0 bridgehead atoms. The molecular weight excluding hydrogens is 278 g/mol. The number of alkyl carbamates (subject to hydrolysis) is 1. The van der Waals surface area contributed by atoms with Crippen LogP contribution in [-0.4, -0.2) is 24.5 Å². The topological polar surface area (TPSA) is 55.4 Å². The van der Waals surface area contributed by atoms with Gasteiger partial charge in [0.15, 0.2) is 0 Å². The van der Waals surface area contributed by atoms with Gasteiger partial charge in [-0.25, -0.2) is 4.79 Å². The van der Waals surface area contributed by atoms with Gasteiger partial charge in [0.2, 0.25) is 0 Å². The molecule has 1 amide bonds. The third kappa shape index (κ3) is 5.89. The van der Waals surface area contributed by atoms with Crippen molar-refractivity contribution in [1.29, 1.82) is 0 Å². The molecule has 1 rings (SSSR count). The summed E-state index contributed by atoms with van der Waals surface area (Å²) in [6, 6.07) is 5.02. The van der Waals surface area contributed by atoms with Crippen LogP contribution in [0, 0.1) is 0 Å². The number of nitrogens with one attached hydrogen (secondary N) is 1. The molecule has 0 saturated carbocycles. The minimum Gasteiger partial charge on any atom is -0.444 e. The van der Waals surface area contributed by atoms with E-state index in [9.17, 15) is 9.59 Å². The first kappa shape index (κ1) is 16.2. The molecule has 1 aromatic rings. The van der Waals surface area contributed by atoms with Gasteiger partial charge in [0.05, 0.1) is 0 Å². The van der Waals surface area contributed by atoms with Crippen LogP contribution in [-0.2, 0) is 4.74 Å². The third-order valence-electron chi connectivity index (χ3n) is 2.22. The van der Waals surface area contributed by atoms with E-state index in [2.05, 4.69) is 5.32 Å². The Bertz CT molecular complexity index is 518. The van der Waals surface area contributed by atoms with E-state index in [1.165, 1.54) is 0 Å². The molecule has 0 spiro atoms. The molecule has 0 saturated heterocycles. The average Bonchev–Trinajstić information content (AvgIpc) is 2.33. The number of benzene rings is 1. The Hall–Kier alpha value is -1.81. The van der Waals surface area contributed by atoms with Crippen LogP contribution in [0.2, 0.25) is 5.02 Å². The van der Waals surface area contributed by atoms with Gasteiger partial charge >= 0.3 is 6.09 Å². The first-order valence-corrected chi connectivity index (χ1v) is 6.58. The van der Waals surface area contributed by atoms with Crippen LogP contribution in [0.15, 0.2) is 24.3 Å². The second-order valence-electron chi connectivity index (χ2n) is 5.18. The van der Waals surface area contributed by atoms with Crippen LogP contribution in [0.4, 0.5) is 4.79 Å². The van der Waals surface area contributed by atoms with Gasteiger partial charge in [-0.05, 0) is 32.4 Å². The Kier molecular flexibility index (Phi) is 5.77. The fraction of sp³-hybridized carbons (Fsp3) is 0.333. The summed E-state index contributed by atoms with van der Waals surface area (Å²) in [6.45, 7) is 5.74. The fourth-order valence-electron chi connectivity index (χ4n) is 1.39. The quantitative estimate of drug-likeness (QED) is 0.862. The van der Waals surface area contributed by atoms with E-state index in [0.29, 0.717) is 17.1 Å². The summed E-state index contributed by atoms with van der Waals surface area (Å²) >= 11 is 6.01. The zero-order valence-corrected chi connectivity index (χ0v) is 12.5. The monoisotopic (exact) mass is 295 g/mol. The standard InChI is InChI=1S/C15H18ClNO3/c1-15(2,3)20-14(19)17-8-4-5-12-7-6-11(10-18)9-13(12)16/h4-7,9-10H,8H2,1-3H3,(H,17,19). The van der Waals surface area contributed by atoms with Gasteiger partial charge in [-0.3, -0.25) is 4.79 Å². The molecule has 1 aromatic carbocycles. The number of hydrogen-bond donors (Lipinski definition) is 1. The number of amides is 1. The van der Waals surface area contributed by atoms with E-state index in [0.717, 1.165) is 11.8 Å². The van der Waals surface area contributed by atoms with Crippen molar-refractivity contribution in [1.82, 2.24) is 5.32 Å². The highest BCUT2D eigenvalue weighted by atomic mass is 35.5. The van der Waals surface area contributed by atoms with E-state index < -0.39 is 11.7 Å². The molecule has 0 radical (unpaired) electrons. The van der Waals surface area contributed by atoms with Gasteiger partial charge in [0.1, 0.15) is 11.9 Å². The number of ether oxygens (including phenoxy) is 1. The zero-order valence-electron chi connectivity index (χ0n) is 11.8. The summed E-state index contributed by atoms with van der Waals surface area (Å²) in [5.41, 5.74) is 0.796. The summed E-state index contributed by atoms with van der Waals surface area (Å²) in [6.07, 6.45) is 3.80. The van der Waals surface area contributed by atoms with Crippen molar-refractivity contribution >= 4 is 30.1 Å². The Morgan fingerprint density at radius 2 is 2.10 bits per heavy atom. The molecule has 108 valence electrons. The first-order valence-electron chi connectivity index (χ1n) is 6.20. The van der Waals surface area contributed by atoms with Crippen LogP contribution in [0.3, 0.4) is 0 Å². The van der Waals surface area contributed by atoms with Gasteiger partial charge in [0, 0.05) is 17.1 Å². The lowest BCUT2D eigenvalue weighted by Gasteiger charge is -2.19. The van der Waals surface area contributed by atoms with Gasteiger partial charge in [-0.2, -0.15) is 0 Å². The van der Waals surface area contributed by atoms with E-state index in [-0.39, 0.29) is 0 Å². The van der Waals surface area contributed by atoms with Crippen molar-refractivity contribution in [3.8, 4) is 0 Å². The molecule has 0 aliphatic rings. The maximum atomic E-state index is 11.4. The summed E-state index contributed by atoms with van der Waals surface area (Å²) in [7, 11) is 0. The number of halogens is 1. The zero-order chi connectivity index (χ0) is 15.2. The molecule has 0 fully saturated rings. The van der Waals surface area contributed by atoms with Crippen LogP contribution >= 0.6 is 11.6 Å². The molecule has 0 aliphatic heterocycles. The van der Waals surface area contributed by atoms with Crippen molar-refractivity contribution in [2.24, 2.45) is 0 Å². The predicted molar refractivity (Wildman–Crippen MR) is 80.1 cm³/mol. The van der Waals surface area contributed by atoms with Crippen molar-refractivity contribution in [2.75, 3.05) is 6.54 Å². The van der Waals surface area contributed by atoms with E-state index in [4.69, 9.17) is 16.3 Å². The summed E-state index contributed by atoms with van der Waals surface area (Å²) in [4.78, 5) is 22.0. The van der Waals surface area contributed by atoms with Crippen molar-refractivity contribution in [3.63, 3.8) is 0 Å². The van der Waals surface area contributed by atoms with E-state index >= 15 is 0 Å². The molecule has 0 atom stereocenters. The highest BCUT2D eigenvalue weighted by Crippen LogP contribution is 2.18. The lowest BCUT2D eigenvalue weighted by Crippen LogP contribution is -2.32. The van der Waals surface area contributed by atoms with Crippen molar-refractivity contribution in [2.45, 2.75) is 26.4 Å². The Balaban J connectivity index is 2.49. The molecule has 0 unspecified atom stereocenters. The summed E-state index contributed by atoms with van der Waals surface area (Å²) in [5.74, 6) is 0. The van der Waals surface area contributed by atoms with Crippen molar-refractivity contribution in [3.05, 3.63) is 40.4 Å². The Morgan fingerprint density at radius 3 is 2.65 bits per heavy atom. The third-order valence-corrected chi connectivity index (χ3v) is 2.55. The Morgan fingerprint density at radius 1 is 1.40 bits per heavy atom. The number of carbonyl (C=O) groups excluding carboxylic acids is 2.